The second-order valence-electron chi connectivity index (χ2n) is 6.90. The molecule has 2 aromatic rings. The zero-order valence-corrected chi connectivity index (χ0v) is 16.8. The first-order valence-electron chi connectivity index (χ1n) is 9.22. The highest BCUT2D eigenvalue weighted by Gasteiger charge is 2.34. The van der Waals surface area contributed by atoms with Gasteiger partial charge in [0.25, 0.3) is 0 Å². The van der Waals surface area contributed by atoms with Gasteiger partial charge in [0.05, 0.1) is 28.3 Å². The van der Waals surface area contributed by atoms with Crippen molar-refractivity contribution < 1.29 is 18.0 Å². The molecule has 2 heterocycles. The molecule has 1 aliphatic rings. The summed E-state index contributed by atoms with van der Waals surface area (Å²) in [5.41, 5.74) is -0.425. The number of anilines is 2. The molecular weight excluding hydrogens is 419 g/mol. The van der Waals surface area contributed by atoms with E-state index in [4.69, 9.17) is 16.9 Å². The fourth-order valence-electron chi connectivity index (χ4n) is 3.23. The highest BCUT2D eigenvalue weighted by Crippen LogP contribution is 2.36. The van der Waals surface area contributed by atoms with E-state index >= 15 is 0 Å². The van der Waals surface area contributed by atoms with Crippen molar-refractivity contribution in [1.29, 1.82) is 5.26 Å². The highest BCUT2D eigenvalue weighted by atomic mass is 35.5. The normalized spacial score (nSPS) is 16.1. The molecule has 6 nitrogen and oxygen atoms in total. The SMILES string of the molecule is CC(C(=O)Nc1ccc(Cl)c(C(F)(F)F)c1)N1CCN(c2cc(C#N)ccn2)CC1. The van der Waals surface area contributed by atoms with Crippen LogP contribution in [-0.4, -0.2) is 48.0 Å². The third-order valence-corrected chi connectivity index (χ3v) is 5.31. The number of benzene rings is 1. The van der Waals surface area contributed by atoms with Crippen LogP contribution in [0.1, 0.15) is 18.1 Å². The summed E-state index contributed by atoms with van der Waals surface area (Å²) in [6, 6.07) is 8.18. The monoisotopic (exact) mass is 437 g/mol. The Morgan fingerprint density at radius 3 is 2.57 bits per heavy atom. The zero-order valence-electron chi connectivity index (χ0n) is 16.1. The van der Waals surface area contributed by atoms with Crippen molar-refractivity contribution >= 4 is 29.0 Å². The maximum Gasteiger partial charge on any atom is 0.417 e. The number of aromatic nitrogens is 1. The number of hydrogen-bond acceptors (Lipinski definition) is 5. The Kier molecular flexibility index (Phi) is 6.48. The van der Waals surface area contributed by atoms with Gasteiger partial charge in [0, 0.05) is 38.1 Å². The molecule has 158 valence electrons. The number of piperazine rings is 1. The Balaban J connectivity index is 1.60. The number of carbonyl (C=O) groups is 1. The molecule has 0 bridgehead atoms. The number of rotatable bonds is 4. The summed E-state index contributed by atoms with van der Waals surface area (Å²) < 4.78 is 39.0. The number of carbonyl (C=O) groups excluding carboxylic acids is 1. The van der Waals surface area contributed by atoms with Gasteiger partial charge >= 0.3 is 6.18 Å². The minimum atomic E-state index is -4.60. The summed E-state index contributed by atoms with van der Waals surface area (Å²) in [6.45, 7) is 4.07. The molecule has 1 atom stereocenters. The van der Waals surface area contributed by atoms with E-state index in [2.05, 4.69) is 16.4 Å². The van der Waals surface area contributed by atoms with E-state index in [0.717, 1.165) is 12.1 Å². The maximum absolute atomic E-state index is 13.0. The fourth-order valence-corrected chi connectivity index (χ4v) is 3.46. The largest absolute Gasteiger partial charge is 0.417 e. The Morgan fingerprint density at radius 1 is 1.23 bits per heavy atom. The number of amides is 1. The lowest BCUT2D eigenvalue weighted by atomic mass is 10.1. The van der Waals surface area contributed by atoms with Gasteiger partial charge < -0.3 is 10.2 Å². The molecule has 0 aliphatic carbocycles. The second-order valence-corrected chi connectivity index (χ2v) is 7.30. The summed E-state index contributed by atoms with van der Waals surface area (Å²) >= 11 is 5.62. The second kappa shape index (κ2) is 8.90. The summed E-state index contributed by atoms with van der Waals surface area (Å²) in [7, 11) is 0. The molecule has 1 unspecified atom stereocenters. The molecule has 0 saturated carbocycles. The van der Waals surface area contributed by atoms with Crippen LogP contribution in [0.3, 0.4) is 0 Å². The Bertz CT molecular complexity index is 968. The van der Waals surface area contributed by atoms with Gasteiger partial charge in [-0.05, 0) is 37.3 Å². The van der Waals surface area contributed by atoms with E-state index in [-0.39, 0.29) is 5.69 Å². The molecule has 0 radical (unpaired) electrons. The van der Waals surface area contributed by atoms with Crippen LogP contribution in [0.15, 0.2) is 36.5 Å². The van der Waals surface area contributed by atoms with Gasteiger partial charge in [0.15, 0.2) is 0 Å². The molecule has 1 amide bonds. The third kappa shape index (κ3) is 5.01. The number of pyridine rings is 1. The minimum Gasteiger partial charge on any atom is -0.354 e. The molecule has 30 heavy (non-hydrogen) atoms. The van der Waals surface area contributed by atoms with Crippen LogP contribution >= 0.6 is 11.6 Å². The van der Waals surface area contributed by atoms with Crippen molar-refractivity contribution in [2.75, 3.05) is 36.4 Å². The van der Waals surface area contributed by atoms with Crippen LogP contribution in [0.25, 0.3) is 0 Å². The number of nitrogens with one attached hydrogen (secondary N) is 1. The molecular formula is C20H19ClF3N5O. The minimum absolute atomic E-state index is 0.0414. The summed E-state index contributed by atoms with van der Waals surface area (Å²) in [4.78, 5) is 20.8. The maximum atomic E-state index is 13.0. The number of nitrogens with zero attached hydrogens (tertiary/aromatic N) is 4. The van der Waals surface area contributed by atoms with Crippen molar-refractivity contribution in [2.24, 2.45) is 0 Å². The molecule has 0 spiro atoms. The third-order valence-electron chi connectivity index (χ3n) is 4.98. The van der Waals surface area contributed by atoms with Crippen LogP contribution in [0.4, 0.5) is 24.7 Å². The molecule has 1 N–H and O–H groups in total. The van der Waals surface area contributed by atoms with E-state index in [1.54, 1.807) is 25.3 Å². The summed E-state index contributed by atoms with van der Waals surface area (Å²) in [5, 5.41) is 11.1. The molecule has 1 aromatic heterocycles. The van der Waals surface area contributed by atoms with E-state index in [0.29, 0.717) is 37.6 Å². The van der Waals surface area contributed by atoms with Gasteiger partial charge in [-0.15, -0.1) is 0 Å². The lowest BCUT2D eigenvalue weighted by Gasteiger charge is -2.38. The van der Waals surface area contributed by atoms with Gasteiger partial charge in [-0.3, -0.25) is 9.69 Å². The number of nitriles is 1. The van der Waals surface area contributed by atoms with Crippen molar-refractivity contribution in [3.8, 4) is 6.07 Å². The van der Waals surface area contributed by atoms with E-state index in [9.17, 15) is 18.0 Å². The lowest BCUT2D eigenvalue weighted by molar-refractivity contribution is -0.137. The fraction of sp³-hybridized carbons (Fsp3) is 0.350. The van der Waals surface area contributed by atoms with Gasteiger partial charge in [0.2, 0.25) is 5.91 Å². The van der Waals surface area contributed by atoms with Gasteiger partial charge in [-0.25, -0.2) is 4.98 Å². The van der Waals surface area contributed by atoms with Gasteiger partial charge in [-0.1, -0.05) is 11.6 Å². The van der Waals surface area contributed by atoms with Crippen LogP contribution in [0.5, 0.6) is 0 Å². The van der Waals surface area contributed by atoms with Gasteiger partial charge in [-0.2, -0.15) is 18.4 Å². The number of hydrogen-bond donors (Lipinski definition) is 1. The van der Waals surface area contributed by atoms with E-state index in [1.165, 1.54) is 6.07 Å². The summed E-state index contributed by atoms with van der Waals surface area (Å²) in [6.07, 6.45) is -3.02. The Morgan fingerprint density at radius 2 is 1.93 bits per heavy atom. The van der Waals surface area contributed by atoms with Crippen LogP contribution in [0.2, 0.25) is 5.02 Å². The predicted molar refractivity (Wildman–Crippen MR) is 107 cm³/mol. The Hall–Kier alpha value is -2.83. The molecule has 1 saturated heterocycles. The first-order valence-corrected chi connectivity index (χ1v) is 9.59. The average molecular weight is 438 g/mol. The molecule has 1 aromatic carbocycles. The molecule has 10 heteroatoms. The topological polar surface area (TPSA) is 72.3 Å². The molecule has 1 aliphatic heterocycles. The average Bonchev–Trinajstić information content (AvgIpc) is 2.74. The number of alkyl halides is 3. The number of halogens is 4. The van der Waals surface area contributed by atoms with Crippen molar-refractivity contribution in [2.45, 2.75) is 19.1 Å². The standard InChI is InChI=1S/C20H19ClF3N5O/c1-13(19(30)27-15-2-3-17(21)16(11-15)20(22,23)24)28-6-8-29(9-7-28)18-10-14(12-25)4-5-26-18/h2-5,10-11,13H,6-9H2,1H3,(H,27,30). The van der Waals surface area contributed by atoms with Crippen molar-refractivity contribution in [3.63, 3.8) is 0 Å². The highest BCUT2D eigenvalue weighted by molar-refractivity contribution is 6.31. The first-order chi connectivity index (χ1) is 14.2. The van der Waals surface area contributed by atoms with Crippen LogP contribution < -0.4 is 10.2 Å². The van der Waals surface area contributed by atoms with E-state index in [1.807, 2.05) is 9.80 Å². The van der Waals surface area contributed by atoms with Crippen molar-refractivity contribution in [3.05, 3.63) is 52.7 Å². The smallest absolute Gasteiger partial charge is 0.354 e. The first kappa shape index (κ1) is 21.9. The zero-order chi connectivity index (χ0) is 21.9. The summed E-state index contributed by atoms with van der Waals surface area (Å²) in [5.74, 6) is 0.301. The quantitative estimate of drug-likeness (QED) is 0.788. The molecule has 1 fully saturated rings. The van der Waals surface area contributed by atoms with Crippen molar-refractivity contribution in [1.82, 2.24) is 9.88 Å². The lowest BCUT2D eigenvalue weighted by Crippen LogP contribution is -2.53. The van der Waals surface area contributed by atoms with Gasteiger partial charge in [0.1, 0.15) is 5.82 Å². The van der Waals surface area contributed by atoms with Crippen LogP contribution in [-0.2, 0) is 11.0 Å². The predicted octanol–water partition coefficient (Wildman–Crippen LogP) is 3.77. The van der Waals surface area contributed by atoms with E-state index < -0.39 is 28.7 Å². The molecule has 3 rings (SSSR count). The Labute approximate surface area is 176 Å². The van der Waals surface area contributed by atoms with Crippen LogP contribution in [0, 0.1) is 11.3 Å².